The summed E-state index contributed by atoms with van der Waals surface area (Å²) in [5.74, 6) is -0.000943. The molecule has 1 fully saturated rings. The third kappa shape index (κ3) is 3.57. The Bertz CT molecular complexity index is 945. The predicted octanol–water partition coefficient (Wildman–Crippen LogP) is 3.36. The van der Waals surface area contributed by atoms with Gasteiger partial charge in [0.15, 0.2) is 5.65 Å². The van der Waals surface area contributed by atoms with Crippen LogP contribution in [0.4, 0.5) is 0 Å². The number of rotatable bonds is 2. The summed E-state index contributed by atoms with van der Waals surface area (Å²) >= 11 is 0. The lowest BCUT2D eigenvalue weighted by Gasteiger charge is -2.43. The number of aromatic nitrogens is 3. The summed E-state index contributed by atoms with van der Waals surface area (Å²) in [6.45, 7) is 7.55. The van der Waals surface area contributed by atoms with Gasteiger partial charge >= 0.3 is 0 Å². The van der Waals surface area contributed by atoms with Gasteiger partial charge in [-0.15, -0.1) is 0 Å². The average molecular weight is 364 g/mol. The van der Waals surface area contributed by atoms with E-state index in [0.29, 0.717) is 24.3 Å². The number of carbonyl (C=O) groups is 1. The number of benzene rings is 1. The van der Waals surface area contributed by atoms with Crippen LogP contribution < -0.4 is 0 Å². The Kier molecular flexibility index (Phi) is 4.44. The van der Waals surface area contributed by atoms with Crippen LogP contribution in [0.5, 0.6) is 0 Å². The van der Waals surface area contributed by atoms with Gasteiger partial charge in [0.2, 0.25) is 0 Å². The quantitative estimate of drug-likeness (QED) is 0.700. The molecule has 6 heteroatoms. The molecule has 27 heavy (non-hydrogen) atoms. The number of carbonyl (C=O) groups excluding carboxylic acids is 1. The van der Waals surface area contributed by atoms with Crippen molar-refractivity contribution in [2.45, 2.75) is 33.0 Å². The number of amides is 1. The number of hydrogen-bond donors (Lipinski definition) is 0. The monoisotopic (exact) mass is 364 g/mol. The standard InChI is InChI=1S/C21H24N4O2/c1-21(2,3)18-13-24(12-17(27-18)15-7-5-4-6-8-15)20(26)16-9-10-25-19(11-16)22-14-23-25/h4-11,14,17-18H,12-13H2,1-3H3/t17-,18+/m0/s1. The molecule has 0 bridgehead atoms. The van der Waals surface area contributed by atoms with Crippen molar-refractivity contribution < 1.29 is 9.53 Å². The van der Waals surface area contributed by atoms with Crippen LogP contribution in [0.25, 0.3) is 5.65 Å². The normalized spacial score (nSPS) is 20.8. The van der Waals surface area contributed by atoms with E-state index in [1.54, 1.807) is 22.8 Å². The molecule has 4 rings (SSSR count). The van der Waals surface area contributed by atoms with E-state index in [9.17, 15) is 4.79 Å². The van der Waals surface area contributed by atoms with Crippen molar-refractivity contribution in [2.75, 3.05) is 13.1 Å². The maximum atomic E-state index is 13.2. The Balaban J connectivity index is 1.64. The van der Waals surface area contributed by atoms with Crippen LogP contribution in [0.2, 0.25) is 0 Å². The van der Waals surface area contributed by atoms with Crippen LogP contribution in [0.1, 0.15) is 42.8 Å². The van der Waals surface area contributed by atoms with Crippen LogP contribution >= 0.6 is 0 Å². The minimum absolute atomic E-state index is 0.000943. The van der Waals surface area contributed by atoms with E-state index >= 15 is 0 Å². The molecule has 140 valence electrons. The second kappa shape index (κ2) is 6.78. The van der Waals surface area contributed by atoms with E-state index in [-0.39, 0.29) is 23.5 Å². The Labute approximate surface area is 158 Å². The zero-order valence-electron chi connectivity index (χ0n) is 15.9. The minimum atomic E-state index is -0.134. The van der Waals surface area contributed by atoms with Gasteiger partial charge in [-0.1, -0.05) is 51.1 Å². The second-order valence-corrected chi connectivity index (χ2v) is 8.08. The van der Waals surface area contributed by atoms with Crippen LogP contribution in [-0.2, 0) is 4.74 Å². The van der Waals surface area contributed by atoms with E-state index < -0.39 is 0 Å². The molecule has 1 aliphatic rings. The summed E-state index contributed by atoms with van der Waals surface area (Å²) in [5, 5.41) is 4.09. The molecule has 6 nitrogen and oxygen atoms in total. The van der Waals surface area contributed by atoms with E-state index in [0.717, 1.165) is 5.56 Å². The largest absolute Gasteiger partial charge is 0.366 e. The third-order valence-electron chi connectivity index (χ3n) is 5.05. The molecule has 3 aromatic rings. The van der Waals surface area contributed by atoms with Crippen LogP contribution in [0.15, 0.2) is 55.0 Å². The first-order valence-electron chi connectivity index (χ1n) is 9.21. The SMILES string of the molecule is CC(C)(C)[C@H]1CN(C(=O)c2ccn3ncnc3c2)C[C@@H](c2ccccc2)O1. The molecular formula is C21H24N4O2. The molecule has 0 saturated carbocycles. The maximum absolute atomic E-state index is 13.2. The highest BCUT2D eigenvalue weighted by molar-refractivity contribution is 5.95. The number of morpholine rings is 1. The fourth-order valence-electron chi connectivity index (χ4n) is 3.39. The molecule has 0 aliphatic carbocycles. The van der Waals surface area contributed by atoms with Crippen molar-refractivity contribution >= 4 is 11.6 Å². The molecule has 3 heterocycles. The van der Waals surface area contributed by atoms with Gasteiger partial charge in [0, 0.05) is 18.3 Å². The van der Waals surface area contributed by atoms with Gasteiger partial charge in [-0.25, -0.2) is 9.50 Å². The molecule has 0 spiro atoms. The molecule has 0 radical (unpaired) electrons. The van der Waals surface area contributed by atoms with Gasteiger partial charge in [0.05, 0.1) is 12.6 Å². The predicted molar refractivity (Wildman–Crippen MR) is 102 cm³/mol. The molecule has 1 aliphatic heterocycles. The van der Waals surface area contributed by atoms with Crippen LogP contribution in [-0.4, -0.2) is 44.6 Å². The van der Waals surface area contributed by atoms with Gasteiger partial charge in [-0.05, 0) is 23.1 Å². The topological polar surface area (TPSA) is 59.7 Å². The highest BCUT2D eigenvalue weighted by Crippen LogP contribution is 2.34. The molecular weight excluding hydrogens is 340 g/mol. The fraction of sp³-hybridized carbons (Fsp3) is 0.381. The smallest absolute Gasteiger partial charge is 0.254 e. The van der Waals surface area contributed by atoms with Crippen LogP contribution in [0.3, 0.4) is 0 Å². The second-order valence-electron chi connectivity index (χ2n) is 8.08. The molecule has 1 saturated heterocycles. The van der Waals surface area contributed by atoms with Crippen molar-refractivity contribution in [3.05, 3.63) is 66.1 Å². The number of pyridine rings is 1. The summed E-state index contributed by atoms with van der Waals surface area (Å²) in [6, 6.07) is 13.7. The van der Waals surface area contributed by atoms with Crippen LogP contribution in [0, 0.1) is 5.41 Å². The Morgan fingerprint density at radius 2 is 1.93 bits per heavy atom. The zero-order valence-corrected chi connectivity index (χ0v) is 15.9. The van der Waals surface area contributed by atoms with Crippen molar-refractivity contribution in [3.8, 4) is 0 Å². The number of fused-ring (bicyclic) bond motifs is 1. The molecule has 1 aromatic carbocycles. The number of nitrogens with zero attached hydrogens (tertiary/aromatic N) is 4. The third-order valence-corrected chi connectivity index (χ3v) is 5.05. The van der Waals surface area contributed by atoms with Gasteiger partial charge in [0.25, 0.3) is 5.91 Å². The van der Waals surface area contributed by atoms with E-state index in [4.69, 9.17) is 4.74 Å². The highest BCUT2D eigenvalue weighted by Gasteiger charge is 2.37. The molecule has 1 amide bonds. The van der Waals surface area contributed by atoms with Gasteiger partial charge in [-0.3, -0.25) is 4.79 Å². The Morgan fingerprint density at radius 3 is 2.67 bits per heavy atom. The lowest BCUT2D eigenvalue weighted by molar-refractivity contribution is -0.119. The van der Waals surface area contributed by atoms with Gasteiger partial charge < -0.3 is 9.64 Å². The molecule has 2 atom stereocenters. The fourth-order valence-corrected chi connectivity index (χ4v) is 3.39. The summed E-state index contributed by atoms with van der Waals surface area (Å²) in [5.41, 5.74) is 2.32. The summed E-state index contributed by atoms with van der Waals surface area (Å²) in [6.07, 6.45) is 3.08. The minimum Gasteiger partial charge on any atom is -0.366 e. The van der Waals surface area contributed by atoms with E-state index in [2.05, 4.69) is 43.0 Å². The first-order chi connectivity index (χ1) is 12.9. The lowest BCUT2D eigenvalue weighted by atomic mass is 9.87. The molecule has 0 unspecified atom stereocenters. The highest BCUT2D eigenvalue weighted by atomic mass is 16.5. The van der Waals surface area contributed by atoms with Crippen molar-refractivity contribution in [2.24, 2.45) is 5.41 Å². The van der Waals surface area contributed by atoms with Gasteiger partial charge in [-0.2, -0.15) is 5.10 Å². The maximum Gasteiger partial charge on any atom is 0.254 e. The number of ether oxygens (including phenoxy) is 1. The summed E-state index contributed by atoms with van der Waals surface area (Å²) in [4.78, 5) is 19.3. The molecule has 0 N–H and O–H groups in total. The zero-order chi connectivity index (χ0) is 19.0. The summed E-state index contributed by atoms with van der Waals surface area (Å²) in [7, 11) is 0. The van der Waals surface area contributed by atoms with Crippen molar-refractivity contribution in [1.29, 1.82) is 0 Å². The Hall–Kier alpha value is -2.73. The summed E-state index contributed by atoms with van der Waals surface area (Å²) < 4.78 is 8.04. The molecule has 2 aromatic heterocycles. The Morgan fingerprint density at radius 1 is 1.15 bits per heavy atom. The lowest BCUT2D eigenvalue weighted by Crippen LogP contribution is -2.51. The van der Waals surface area contributed by atoms with Crippen molar-refractivity contribution in [3.63, 3.8) is 0 Å². The first kappa shape index (κ1) is 17.7. The van der Waals surface area contributed by atoms with Gasteiger partial charge in [0.1, 0.15) is 12.4 Å². The van der Waals surface area contributed by atoms with E-state index in [1.807, 2.05) is 23.1 Å². The first-order valence-corrected chi connectivity index (χ1v) is 9.21. The number of hydrogen-bond acceptors (Lipinski definition) is 4. The average Bonchev–Trinajstić information content (AvgIpc) is 3.15. The van der Waals surface area contributed by atoms with E-state index in [1.165, 1.54) is 6.33 Å². The van der Waals surface area contributed by atoms with Crippen molar-refractivity contribution in [1.82, 2.24) is 19.5 Å².